The number of aliphatic hydroxyl groups excluding tert-OH is 1. The number of hydrogen-bond donors (Lipinski definition) is 1. The van der Waals surface area contributed by atoms with Crippen molar-refractivity contribution >= 4 is 0 Å². The number of aliphatic hydroxyl groups is 1. The Morgan fingerprint density at radius 1 is 0.933 bits per heavy atom. The summed E-state index contributed by atoms with van der Waals surface area (Å²) in [6.07, 6.45) is -0.557. The van der Waals surface area contributed by atoms with Gasteiger partial charge in [-0.25, -0.2) is 0 Å². The minimum atomic E-state index is -0.557. The monoisotopic (exact) mass is 222 g/mol. The van der Waals surface area contributed by atoms with Crippen molar-refractivity contribution in [2.45, 2.75) is 13.0 Å². The molecule has 0 aromatic heterocycles. The van der Waals surface area contributed by atoms with Crippen LogP contribution in [-0.2, 0) is 18.9 Å². The molecule has 0 rings (SSSR count). The minimum absolute atomic E-state index is 0.280. The van der Waals surface area contributed by atoms with E-state index in [1.54, 1.807) is 7.11 Å². The average Bonchev–Trinajstić information content (AvgIpc) is 2.22. The molecule has 0 fully saturated rings. The molecule has 0 amide bonds. The van der Waals surface area contributed by atoms with Gasteiger partial charge in [0.15, 0.2) is 0 Å². The summed E-state index contributed by atoms with van der Waals surface area (Å²) in [6, 6.07) is 0. The summed E-state index contributed by atoms with van der Waals surface area (Å²) in [7, 11) is 1.54. The van der Waals surface area contributed by atoms with Crippen LogP contribution in [0.15, 0.2) is 0 Å². The molecule has 1 unspecified atom stereocenters. The average molecular weight is 222 g/mol. The van der Waals surface area contributed by atoms with Gasteiger partial charge in [-0.1, -0.05) is 0 Å². The van der Waals surface area contributed by atoms with Crippen LogP contribution >= 0.6 is 0 Å². The Hall–Kier alpha value is -0.200. The second-order valence-electron chi connectivity index (χ2n) is 2.99. The standard InChI is InChI=1S/C10H22O5/c1-3-13-4-5-14-6-7-15-9-10(11)8-12-2/h10-11H,3-9H2,1-2H3. The third kappa shape index (κ3) is 11.7. The first kappa shape index (κ1) is 14.8. The molecule has 1 atom stereocenters. The van der Waals surface area contributed by atoms with Gasteiger partial charge >= 0.3 is 0 Å². The van der Waals surface area contributed by atoms with Gasteiger partial charge in [0.1, 0.15) is 6.10 Å². The molecule has 0 bridgehead atoms. The summed E-state index contributed by atoms with van der Waals surface area (Å²) < 4.78 is 20.2. The second kappa shape index (κ2) is 11.9. The summed E-state index contributed by atoms with van der Waals surface area (Å²) >= 11 is 0. The van der Waals surface area contributed by atoms with E-state index in [4.69, 9.17) is 18.9 Å². The molecular formula is C10H22O5. The van der Waals surface area contributed by atoms with E-state index in [-0.39, 0.29) is 6.61 Å². The van der Waals surface area contributed by atoms with E-state index < -0.39 is 6.10 Å². The van der Waals surface area contributed by atoms with Crippen molar-refractivity contribution in [3.63, 3.8) is 0 Å². The molecule has 1 N–H and O–H groups in total. The van der Waals surface area contributed by atoms with Crippen LogP contribution in [0.4, 0.5) is 0 Å². The number of methoxy groups -OCH3 is 1. The van der Waals surface area contributed by atoms with Gasteiger partial charge in [0.25, 0.3) is 0 Å². The van der Waals surface area contributed by atoms with Gasteiger partial charge in [-0.05, 0) is 6.92 Å². The van der Waals surface area contributed by atoms with Crippen LogP contribution in [0.1, 0.15) is 6.92 Å². The maximum Gasteiger partial charge on any atom is 0.101 e. The van der Waals surface area contributed by atoms with Crippen molar-refractivity contribution in [2.24, 2.45) is 0 Å². The van der Waals surface area contributed by atoms with Gasteiger partial charge in [-0.15, -0.1) is 0 Å². The quantitative estimate of drug-likeness (QED) is 0.501. The Balaban J connectivity index is 2.98. The molecule has 0 aliphatic carbocycles. The molecule has 5 heteroatoms. The Labute approximate surface area is 91.3 Å². The maximum absolute atomic E-state index is 9.21. The van der Waals surface area contributed by atoms with Crippen LogP contribution in [0.2, 0.25) is 0 Å². The predicted molar refractivity (Wildman–Crippen MR) is 56.0 cm³/mol. The van der Waals surface area contributed by atoms with Crippen molar-refractivity contribution in [1.29, 1.82) is 0 Å². The summed E-state index contributed by atoms with van der Waals surface area (Å²) in [5.41, 5.74) is 0. The van der Waals surface area contributed by atoms with Crippen LogP contribution < -0.4 is 0 Å². The fraction of sp³-hybridized carbons (Fsp3) is 1.00. The second-order valence-corrected chi connectivity index (χ2v) is 2.99. The zero-order chi connectivity index (χ0) is 11.4. The lowest BCUT2D eigenvalue weighted by Crippen LogP contribution is -2.22. The van der Waals surface area contributed by atoms with E-state index in [9.17, 15) is 5.11 Å². The lowest BCUT2D eigenvalue weighted by Gasteiger charge is -2.10. The van der Waals surface area contributed by atoms with E-state index >= 15 is 0 Å². The lowest BCUT2D eigenvalue weighted by atomic mass is 10.4. The highest BCUT2D eigenvalue weighted by Crippen LogP contribution is 1.87. The van der Waals surface area contributed by atoms with E-state index in [1.807, 2.05) is 6.92 Å². The van der Waals surface area contributed by atoms with Crippen molar-refractivity contribution in [3.05, 3.63) is 0 Å². The Kier molecular flexibility index (Phi) is 11.7. The maximum atomic E-state index is 9.21. The molecule has 0 aromatic rings. The minimum Gasteiger partial charge on any atom is -0.388 e. The van der Waals surface area contributed by atoms with Crippen molar-refractivity contribution in [1.82, 2.24) is 0 Å². The molecule has 0 heterocycles. The topological polar surface area (TPSA) is 57.2 Å². The Bertz CT molecular complexity index is 120. The first-order valence-corrected chi connectivity index (χ1v) is 5.21. The molecule has 92 valence electrons. The van der Waals surface area contributed by atoms with Gasteiger partial charge in [0, 0.05) is 13.7 Å². The number of rotatable bonds is 11. The summed E-state index contributed by atoms with van der Waals surface area (Å²) in [4.78, 5) is 0. The van der Waals surface area contributed by atoms with Crippen LogP contribution in [-0.4, -0.2) is 64.6 Å². The summed E-state index contributed by atoms with van der Waals surface area (Å²) in [6.45, 7) is 5.43. The predicted octanol–water partition coefficient (Wildman–Crippen LogP) is 0.0634. The summed E-state index contributed by atoms with van der Waals surface area (Å²) in [5.74, 6) is 0. The van der Waals surface area contributed by atoms with Crippen molar-refractivity contribution in [3.8, 4) is 0 Å². The molecule has 0 aliphatic heterocycles. The van der Waals surface area contributed by atoms with Crippen molar-refractivity contribution < 1.29 is 24.1 Å². The van der Waals surface area contributed by atoms with Gasteiger partial charge in [0.05, 0.1) is 39.6 Å². The molecule has 0 saturated heterocycles. The third-order valence-corrected chi connectivity index (χ3v) is 1.62. The van der Waals surface area contributed by atoms with E-state index in [1.165, 1.54) is 0 Å². The smallest absolute Gasteiger partial charge is 0.101 e. The van der Waals surface area contributed by atoms with E-state index in [2.05, 4.69) is 0 Å². The first-order chi connectivity index (χ1) is 7.31. The molecule has 5 nitrogen and oxygen atoms in total. The Morgan fingerprint density at radius 3 is 2.13 bits per heavy atom. The zero-order valence-electron chi connectivity index (χ0n) is 9.61. The van der Waals surface area contributed by atoms with Crippen LogP contribution in [0.5, 0.6) is 0 Å². The Morgan fingerprint density at radius 2 is 1.53 bits per heavy atom. The van der Waals surface area contributed by atoms with Gasteiger partial charge in [0.2, 0.25) is 0 Å². The number of ether oxygens (including phenoxy) is 4. The lowest BCUT2D eigenvalue weighted by molar-refractivity contribution is -0.0286. The van der Waals surface area contributed by atoms with Gasteiger partial charge in [-0.3, -0.25) is 0 Å². The largest absolute Gasteiger partial charge is 0.388 e. The zero-order valence-corrected chi connectivity index (χ0v) is 9.61. The van der Waals surface area contributed by atoms with E-state index in [0.717, 1.165) is 0 Å². The SMILES string of the molecule is CCOCCOCCOCC(O)COC. The highest BCUT2D eigenvalue weighted by atomic mass is 16.5. The van der Waals surface area contributed by atoms with Crippen LogP contribution in [0.3, 0.4) is 0 Å². The summed E-state index contributed by atoms with van der Waals surface area (Å²) in [5, 5.41) is 9.21. The fourth-order valence-corrected chi connectivity index (χ4v) is 0.942. The molecule has 0 spiro atoms. The molecule has 0 radical (unpaired) electrons. The van der Waals surface area contributed by atoms with Gasteiger partial charge < -0.3 is 24.1 Å². The molecule has 0 aromatic carbocycles. The third-order valence-electron chi connectivity index (χ3n) is 1.62. The highest BCUT2D eigenvalue weighted by Gasteiger charge is 2.02. The molecule has 0 aliphatic rings. The van der Waals surface area contributed by atoms with E-state index in [0.29, 0.717) is 39.6 Å². The van der Waals surface area contributed by atoms with Crippen LogP contribution in [0, 0.1) is 0 Å². The molecule has 15 heavy (non-hydrogen) atoms. The van der Waals surface area contributed by atoms with Crippen LogP contribution in [0.25, 0.3) is 0 Å². The fourth-order valence-electron chi connectivity index (χ4n) is 0.942. The van der Waals surface area contributed by atoms with Crippen molar-refractivity contribution in [2.75, 3.05) is 53.4 Å². The first-order valence-electron chi connectivity index (χ1n) is 5.21. The number of hydrogen-bond acceptors (Lipinski definition) is 5. The van der Waals surface area contributed by atoms with Gasteiger partial charge in [-0.2, -0.15) is 0 Å². The molecular weight excluding hydrogens is 200 g/mol. The molecule has 0 saturated carbocycles. The highest BCUT2D eigenvalue weighted by molar-refractivity contribution is 4.49. The normalized spacial score (nSPS) is 13.0.